The number of H-pyrrole nitrogens is 1. The molecule has 5 nitrogen and oxygen atoms in total. The van der Waals surface area contributed by atoms with E-state index in [0.29, 0.717) is 11.4 Å². The predicted molar refractivity (Wildman–Crippen MR) is 88.2 cm³/mol. The summed E-state index contributed by atoms with van der Waals surface area (Å²) in [6, 6.07) is 16.2. The number of amides is 1. The lowest BCUT2D eigenvalue weighted by Gasteiger charge is -2.22. The molecule has 3 aromatic rings. The summed E-state index contributed by atoms with van der Waals surface area (Å²) in [6.45, 7) is 0.153. The first kappa shape index (κ1) is 15.6. The van der Waals surface area contributed by atoms with Crippen LogP contribution in [0.15, 0.2) is 71.7 Å². The summed E-state index contributed by atoms with van der Waals surface area (Å²) < 4.78 is 13.0. The van der Waals surface area contributed by atoms with Gasteiger partial charge in [0, 0.05) is 11.8 Å². The van der Waals surface area contributed by atoms with Gasteiger partial charge in [0.1, 0.15) is 11.5 Å². The van der Waals surface area contributed by atoms with Gasteiger partial charge >= 0.3 is 0 Å². The summed E-state index contributed by atoms with van der Waals surface area (Å²) in [5.41, 5.74) is 1.01. The largest absolute Gasteiger partial charge is 0.318 e. The average molecular weight is 323 g/mol. The quantitative estimate of drug-likeness (QED) is 0.803. The number of aromatic amines is 1. The second kappa shape index (κ2) is 6.87. The highest BCUT2D eigenvalue weighted by Gasteiger charge is 2.19. The molecule has 3 rings (SSSR count). The number of carbonyl (C=O) groups excluding carboxylic acids is 1. The number of hydrogen-bond acceptors (Lipinski definition) is 3. The first-order valence-electron chi connectivity index (χ1n) is 7.30. The smallest absolute Gasteiger partial charge is 0.275 e. The van der Waals surface area contributed by atoms with E-state index in [9.17, 15) is 14.0 Å². The SMILES string of the molecule is O=C(c1cccc(=O)[nH]1)N(Cc1ccc(F)cn1)c1ccccc1. The highest BCUT2D eigenvalue weighted by Crippen LogP contribution is 2.18. The van der Waals surface area contributed by atoms with Gasteiger partial charge < -0.3 is 9.88 Å². The van der Waals surface area contributed by atoms with Crippen molar-refractivity contribution in [1.29, 1.82) is 0 Å². The Labute approximate surface area is 137 Å². The van der Waals surface area contributed by atoms with Crippen LogP contribution in [0, 0.1) is 5.82 Å². The van der Waals surface area contributed by atoms with Crippen LogP contribution in [0.3, 0.4) is 0 Å². The Morgan fingerprint density at radius 1 is 1.04 bits per heavy atom. The second-order valence-electron chi connectivity index (χ2n) is 5.12. The molecule has 6 heteroatoms. The molecule has 0 spiro atoms. The van der Waals surface area contributed by atoms with E-state index < -0.39 is 5.82 Å². The molecule has 0 saturated carbocycles. The zero-order chi connectivity index (χ0) is 16.9. The minimum atomic E-state index is -0.441. The molecule has 0 bridgehead atoms. The van der Waals surface area contributed by atoms with Crippen molar-refractivity contribution < 1.29 is 9.18 Å². The van der Waals surface area contributed by atoms with Crippen LogP contribution < -0.4 is 10.5 Å². The minimum Gasteiger partial charge on any atom is -0.318 e. The highest BCUT2D eigenvalue weighted by atomic mass is 19.1. The highest BCUT2D eigenvalue weighted by molar-refractivity contribution is 6.04. The molecule has 2 aromatic heterocycles. The maximum absolute atomic E-state index is 13.0. The fraction of sp³-hybridized carbons (Fsp3) is 0.0556. The average Bonchev–Trinajstić information content (AvgIpc) is 2.61. The summed E-state index contributed by atoms with van der Waals surface area (Å²) in [6.07, 6.45) is 1.10. The fourth-order valence-corrected chi connectivity index (χ4v) is 2.27. The molecule has 0 aliphatic heterocycles. The second-order valence-corrected chi connectivity index (χ2v) is 5.12. The van der Waals surface area contributed by atoms with Crippen LogP contribution in [0.2, 0.25) is 0 Å². The number of nitrogens with one attached hydrogen (secondary N) is 1. The lowest BCUT2D eigenvalue weighted by molar-refractivity contribution is 0.0980. The van der Waals surface area contributed by atoms with Crippen molar-refractivity contribution in [3.63, 3.8) is 0 Å². The molecule has 1 aromatic carbocycles. The van der Waals surface area contributed by atoms with Crippen LogP contribution in [-0.2, 0) is 6.54 Å². The van der Waals surface area contributed by atoms with Crippen molar-refractivity contribution in [2.45, 2.75) is 6.54 Å². The number of hydrogen-bond donors (Lipinski definition) is 1. The van der Waals surface area contributed by atoms with Gasteiger partial charge in [0.25, 0.3) is 5.91 Å². The minimum absolute atomic E-state index is 0.153. The van der Waals surface area contributed by atoms with E-state index in [2.05, 4.69) is 9.97 Å². The lowest BCUT2D eigenvalue weighted by Crippen LogP contribution is -2.32. The van der Waals surface area contributed by atoms with Crippen molar-refractivity contribution >= 4 is 11.6 Å². The third-order valence-electron chi connectivity index (χ3n) is 3.42. The van der Waals surface area contributed by atoms with E-state index in [-0.39, 0.29) is 23.7 Å². The number of para-hydroxylation sites is 1. The Hall–Kier alpha value is -3.28. The van der Waals surface area contributed by atoms with E-state index >= 15 is 0 Å². The standard InChI is InChI=1S/C18H14FN3O2/c19-13-9-10-14(20-11-13)12-22(15-5-2-1-3-6-15)18(24)16-7-4-8-17(23)21-16/h1-11H,12H2,(H,21,23). The molecule has 0 aliphatic rings. The van der Waals surface area contributed by atoms with Gasteiger partial charge in [-0.2, -0.15) is 0 Å². The van der Waals surface area contributed by atoms with E-state index in [4.69, 9.17) is 0 Å². The van der Waals surface area contributed by atoms with Gasteiger partial charge in [-0.3, -0.25) is 14.6 Å². The van der Waals surface area contributed by atoms with Crippen molar-refractivity contribution in [2.75, 3.05) is 4.90 Å². The molecule has 0 fully saturated rings. The van der Waals surface area contributed by atoms with Gasteiger partial charge in [-0.05, 0) is 30.3 Å². The van der Waals surface area contributed by atoms with Gasteiger partial charge in [-0.15, -0.1) is 0 Å². The monoisotopic (exact) mass is 323 g/mol. The van der Waals surface area contributed by atoms with Crippen molar-refractivity contribution in [3.05, 3.63) is 94.4 Å². The Balaban J connectivity index is 1.97. The third kappa shape index (κ3) is 3.55. The van der Waals surface area contributed by atoms with Crippen LogP contribution >= 0.6 is 0 Å². The van der Waals surface area contributed by atoms with Crippen LogP contribution in [-0.4, -0.2) is 15.9 Å². The van der Waals surface area contributed by atoms with Gasteiger partial charge in [0.2, 0.25) is 5.56 Å². The number of carbonyl (C=O) groups is 1. The van der Waals surface area contributed by atoms with Gasteiger partial charge in [-0.1, -0.05) is 24.3 Å². The Bertz CT molecular complexity index is 892. The summed E-state index contributed by atoms with van der Waals surface area (Å²) in [5.74, 6) is -0.811. The van der Waals surface area contributed by atoms with Crippen molar-refractivity contribution in [3.8, 4) is 0 Å². The van der Waals surface area contributed by atoms with E-state index in [1.165, 1.54) is 35.2 Å². The zero-order valence-electron chi connectivity index (χ0n) is 12.6. The van der Waals surface area contributed by atoms with Crippen molar-refractivity contribution in [1.82, 2.24) is 9.97 Å². The normalized spacial score (nSPS) is 10.4. The summed E-state index contributed by atoms with van der Waals surface area (Å²) in [5, 5.41) is 0. The van der Waals surface area contributed by atoms with Crippen LogP contribution in [0.25, 0.3) is 0 Å². The molecule has 0 aliphatic carbocycles. The Morgan fingerprint density at radius 3 is 2.50 bits per heavy atom. The van der Waals surface area contributed by atoms with Gasteiger partial charge in [-0.25, -0.2) is 4.39 Å². The number of pyridine rings is 2. The van der Waals surface area contributed by atoms with E-state index in [1.54, 1.807) is 24.3 Å². The number of benzene rings is 1. The summed E-state index contributed by atoms with van der Waals surface area (Å²) in [7, 11) is 0. The molecule has 0 radical (unpaired) electrons. The molecule has 0 atom stereocenters. The lowest BCUT2D eigenvalue weighted by atomic mass is 10.2. The molecule has 120 valence electrons. The predicted octanol–water partition coefficient (Wildman–Crippen LogP) is 2.76. The fourth-order valence-electron chi connectivity index (χ4n) is 2.27. The van der Waals surface area contributed by atoms with Crippen LogP contribution in [0.1, 0.15) is 16.2 Å². The maximum Gasteiger partial charge on any atom is 0.275 e. The summed E-state index contributed by atoms with van der Waals surface area (Å²) in [4.78, 5) is 32.3. The molecule has 0 unspecified atom stereocenters. The first-order valence-corrected chi connectivity index (χ1v) is 7.30. The molecule has 1 amide bonds. The van der Waals surface area contributed by atoms with Gasteiger partial charge in [0.05, 0.1) is 18.4 Å². The van der Waals surface area contributed by atoms with E-state index in [1.807, 2.05) is 6.07 Å². The first-order chi connectivity index (χ1) is 11.6. The number of rotatable bonds is 4. The number of nitrogens with zero attached hydrogens (tertiary/aromatic N) is 2. The molecule has 0 saturated heterocycles. The molecule has 2 heterocycles. The molecule has 24 heavy (non-hydrogen) atoms. The van der Waals surface area contributed by atoms with Crippen LogP contribution in [0.4, 0.5) is 10.1 Å². The summed E-state index contributed by atoms with van der Waals surface area (Å²) >= 11 is 0. The molecule has 1 N–H and O–H groups in total. The molecular formula is C18H14FN3O2. The Kier molecular flexibility index (Phi) is 4.47. The topological polar surface area (TPSA) is 66.1 Å². The van der Waals surface area contributed by atoms with Crippen LogP contribution in [0.5, 0.6) is 0 Å². The number of anilines is 1. The number of halogens is 1. The maximum atomic E-state index is 13.0. The third-order valence-corrected chi connectivity index (χ3v) is 3.42. The molecular weight excluding hydrogens is 309 g/mol. The van der Waals surface area contributed by atoms with Gasteiger partial charge in [0.15, 0.2) is 0 Å². The van der Waals surface area contributed by atoms with E-state index in [0.717, 1.165) is 6.20 Å². The van der Waals surface area contributed by atoms with Crippen molar-refractivity contribution in [2.24, 2.45) is 0 Å². The zero-order valence-corrected chi connectivity index (χ0v) is 12.6. The Morgan fingerprint density at radius 2 is 1.83 bits per heavy atom. The number of aromatic nitrogens is 2.